The molecule has 1 fully saturated rings. The van der Waals surface area contributed by atoms with Crippen LogP contribution in [0.1, 0.15) is 25.0 Å². The van der Waals surface area contributed by atoms with Crippen LogP contribution < -0.4 is 10.2 Å². The molecule has 3 aromatic heterocycles. The van der Waals surface area contributed by atoms with Crippen LogP contribution in [-0.4, -0.2) is 62.9 Å². The summed E-state index contributed by atoms with van der Waals surface area (Å²) in [6.07, 6.45) is 9.02. The molecule has 8 nitrogen and oxygen atoms in total. The Morgan fingerprint density at radius 1 is 0.935 bits per heavy atom. The number of fused-ring (bicyclic) bond motifs is 1. The van der Waals surface area contributed by atoms with Gasteiger partial charge in [-0.3, -0.25) is 4.68 Å². The molecule has 9 heteroatoms. The molecule has 0 bridgehead atoms. The molecule has 0 aromatic carbocycles. The third-order valence-electron chi connectivity index (χ3n) is 6.09. The van der Waals surface area contributed by atoms with Gasteiger partial charge in [0.25, 0.3) is 0 Å². The first kappa shape index (κ1) is 19.9. The van der Waals surface area contributed by atoms with E-state index in [1.807, 2.05) is 23.0 Å². The molecule has 162 valence electrons. The molecular formula is C22H27FN8. The van der Waals surface area contributed by atoms with E-state index in [1.165, 1.54) is 6.20 Å². The van der Waals surface area contributed by atoms with Crippen molar-refractivity contribution in [2.75, 3.05) is 43.4 Å². The van der Waals surface area contributed by atoms with E-state index < -0.39 is 5.82 Å². The minimum Gasteiger partial charge on any atom is -0.368 e. The number of rotatable bonds is 4. The fraction of sp³-hybridized carbons (Fsp3) is 0.455. The molecule has 0 radical (unpaired) electrons. The van der Waals surface area contributed by atoms with Crippen molar-refractivity contribution in [2.24, 2.45) is 0 Å². The van der Waals surface area contributed by atoms with Crippen LogP contribution in [0.3, 0.4) is 0 Å². The second kappa shape index (κ2) is 8.58. The maximum absolute atomic E-state index is 14.6. The zero-order chi connectivity index (χ0) is 21.2. The molecule has 0 spiro atoms. The van der Waals surface area contributed by atoms with E-state index in [4.69, 9.17) is 0 Å². The second-order valence-corrected chi connectivity index (χ2v) is 8.25. The summed E-state index contributed by atoms with van der Waals surface area (Å²) in [6, 6.07) is 3.95. The Morgan fingerprint density at radius 2 is 1.81 bits per heavy atom. The highest BCUT2D eigenvalue weighted by atomic mass is 19.1. The van der Waals surface area contributed by atoms with Crippen LogP contribution in [0.4, 0.5) is 21.8 Å². The summed E-state index contributed by atoms with van der Waals surface area (Å²) in [7, 11) is 2.14. The summed E-state index contributed by atoms with van der Waals surface area (Å²) >= 11 is 0. The monoisotopic (exact) mass is 422 g/mol. The molecule has 31 heavy (non-hydrogen) atoms. The number of nitrogens with zero attached hydrogens (tertiary/aromatic N) is 7. The number of nitrogens with one attached hydrogen (secondary N) is 1. The van der Waals surface area contributed by atoms with Gasteiger partial charge in [0, 0.05) is 44.0 Å². The molecule has 0 atom stereocenters. The van der Waals surface area contributed by atoms with Crippen molar-refractivity contribution >= 4 is 17.5 Å². The molecule has 5 rings (SSSR count). The molecule has 1 saturated heterocycles. The van der Waals surface area contributed by atoms with Gasteiger partial charge in [-0.25, -0.2) is 19.3 Å². The maximum Gasteiger partial charge on any atom is 0.229 e. The summed E-state index contributed by atoms with van der Waals surface area (Å²) < 4.78 is 16.6. The van der Waals surface area contributed by atoms with Crippen molar-refractivity contribution in [3.8, 4) is 11.3 Å². The highest BCUT2D eigenvalue weighted by molar-refractivity contribution is 5.64. The largest absolute Gasteiger partial charge is 0.368 e. The number of pyridine rings is 1. The van der Waals surface area contributed by atoms with E-state index in [9.17, 15) is 4.39 Å². The first-order valence-electron chi connectivity index (χ1n) is 10.9. The summed E-state index contributed by atoms with van der Waals surface area (Å²) in [6.45, 7) is 4.95. The van der Waals surface area contributed by atoms with Crippen molar-refractivity contribution in [2.45, 2.75) is 32.2 Å². The predicted octanol–water partition coefficient (Wildman–Crippen LogP) is 3.10. The Morgan fingerprint density at radius 3 is 2.61 bits per heavy atom. The first-order valence-corrected chi connectivity index (χ1v) is 10.9. The number of hydrogen-bond donors (Lipinski definition) is 1. The smallest absolute Gasteiger partial charge is 0.229 e. The van der Waals surface area contributed by atoms with Crippen LogP contribution in [-0.2, 0) is 13.0 Å². The third kappa shape index (κ3) is 4.23. The minimum absolute atomic E-state index is 0.287. The normalized spacial score (nSPS) is 17.3. The topological polar surface area (TPSA) is 75.0 Å². The Hall–Kier alpha value is -3.07. The van der Waals surface area contributed by atoms with Gasteiger partial charge in [0.2, 0.25) is 5.95 Å². The Bertz CT molecular complexity index is 1040. The number of hydrogen-bond acceptors (Lipinski definition) is 7. The maximum atomic E-state index is 14.6. The quantitative estimate of drug-likeness (QED) is 0.692. The first-order chi connectivity index (χ1) is 15.2. The van der Waals surface area contributed by atoms with E-state index >= 15 is 0 Å². The highest BCUT2D eigenvalue weighted by Gasteiger charge is 2.20. The number of halogens is 1. The zero-order valence-corrected chi connectivity index (χ0v) is 17.8. The molecule has 5 heterocycles. The van der Waals surface area contributed by atoms with Crippen LogP contribution in [0.5, 0.6) is 0 Å². The predicted molar refractivity (Wildman–Crippen MR) is 118 cm³/mol. The number of aryl methyl sites for hydroxylation is 1. The fourth-order valence-corrected chi connectivity index (χ4v) is 4.24. The lowest BCUT2D eigenvalue weighted by Gasteiger charge is -2.33. The Kier molecular flexibility index (Phi) is 5.50. The standard InChI is InChI=1S/C22H27FN8/c1-29-9-11-30(12-10-29)16-6-7-20(24-13-16)27-22-25-15-18(23)21(28-22)17-14-26-31-8-4-2-3-5-19(17)31/h6-7,13-15H,2-5,8-12H2,1H3,(H,24,25,27,28). The van der Waals surface area contributed by atoms with E-state index in [2.05, 4.69) is 42.2 Å². The van der Waals surface area contributed by atoms with Gasteiger partial charge in [-0.05, 0) is 38.4 Å². The van der Waals surface area contributed by atoms with Crippen molar-refractivity contribution < 1.29 is 4.39 Å². The van der Waals surface area contributed by atoms with E-state index in [0.29, 0.717) is 11.8 Å². The molecule has 1 N–H and O–H groups in total. The summed E-state index contributed by atoms with van der Waals surface area (Å²) in [4.78, 5) is 17.7. The molecular weight excluding hydrogens is 395 g/mol. The van der Waals surface area contributed by atoms with Crippen LogP contribution in [0, 0.1) is 5.82 Å². The van der Waals surface area contributed by atoms with E-state index in [1.54, 1.807) is 6.20 Å². The van der Waals surface area contributed by atoms with Gasteiger partial charge in [-0.2, -0.15) is 5.10 Å². The number of piperazine rings is 1. The fourth-order valence-electron chi connectivity index (χ4n) is 4.24. The average Bonchev–Trinajstić information content (AvgIpc) is 3.04. The van der Waals surface area contributed by atoms with Gasteiger partial charge in [0.1, 0.15) is 11.5 Å². The third-order valence-corrected chi connectivity index (χ3v) is 6.09. The van der Waals surface area contributed by atoms with Crippen LogP contribution >= 0.6 is 0 Å². The molecule has 2 aliphatic rings. The van der Waals surface area contributed by atoms with Gasteiger partial charge in [-0.1, -0.05) is 6.42 Å². The van der Waals surface area contributed by atoms with Gasteiger partial charge >= 0.3 is 0 Å². The Labute approximate surface area is 181 Å². The molecule has 0 saturated carbocycles. The number of likely N-dealkylation sites (N-methyl/N-ethyl adjacent to an activating group) is 1. The molecule has 0 unspecified atom stereocenters. The summed E-state index contributed by atoms with van der Waals surface area (Å²) in [5.74, 6) is 0.512. The van der Waals surface area contributed by atoms with Crippen LogP contribution in [0.15, 0.2) is 30.7 Å². The van der Waals surface area contributed by atoms with Crippen LogP contribution in [0.25, 0.3) is 11.3 Å². The van der Waals surface area contributed by atoms with E-state index in [-0.39, 0.29) is 5.69 Å². The lowest BCUT2D eigenvalue weighted by atomic mass is 10.1. The molecule has 0 amide bonds. The minimum atomic E-state index is -0.441. The lowest BCUT2D eigenvalue weighted by Crippen LogP contribution is -2.44. The molecule has 3 aromatic rings. The zero-order valence-electron chi connectivity index (χ0n) is 17.8. The lowest BCUT2D eigenvalue weighted by molar-refractivity contribution is 0.313. The molecule has 2 aliphatic heterocycles. The van der Waals surface area contributed by atoms with Crippen molar-refractivity contribution in [1.82, 2.24) is 29.6 Å². The van der Waals surface area contributed by atoms with Gasteiger partial charge in [-0.15, -0.1) is 0 Å². The number of aromatic nitrogens is 5. The highest BCUT2D eigenvalue weighted by Crippen LogP contribution is 2.29. The van der Waals surface area contributed by atoms with Crippen molar-refractivity contribution in [3.05, 3.63) is 42.2 Å². The SMILES string of the molecule is CN1CCN(c2ccc(Nc3ncc(F)c(-c4cnn5c4CCCCC5)n3)nc2)CC1. The van der Waals surface area contributed by atoms with Gasteiger partial charge in [0.15, 0.2) is 5.82 Å². The Balaban J connectivity index is 1.35. The van der Waals surface area contributed by atoms with E-state index in [0.717, 1.165) is 75.4 Å². The van der Waals surface area contributed by atoms with Crippen molar-refractivity contribution in [1.29, 1.82) is 0 Å². The molecule has 0 aliphatic carbocycles. The van der Waals surface area contributed by atoms with Gasteiger partial charge in [0.05, 0.1) is 24.3 Å². The summed E-state index contributed by atoms with van der Waals surface area (Å²) in [5, 5.41) is 7.56. The van der Waals surface area contributed by atoms with Crippen molar-refractivity contribution in [3.63, 3.8) is 0 Å². The van der Waals surface area contributed by atoms with Gasteiger partial charge < -0.3 is 15.1 Å². The number of anilines is 3. The van der Waals surface area contributed by atoms with Crippen LogP contribution in [0.2, 0.25) is 0 Å². The second-order valence-electron chi connectivity index (χ2n) is 8.25. The average molecular weight is 423 g/mol. The summed E-state index contributed by atoms with van der Waals surface area (Å²) in [5.41, 5.74) is 3.19.